The minimum atomic E-state index is 0.0136. The van der Waals surface area contributed by atoms with Crippen LogP contribution in [-0.2, 0) is 4.79 Å². The van der Waals surface area contributed by atoms with Gasteiger partial charge in [0.15, 0.2) is 0 Å². The van der Waals surface area contributed by atoms with Crippen molar-refractivity contribution in [1.29, 1.82) is 0 Å². The molecular formula is C5H7BrN2O. The lowest BCUT2D eigenvalue weighted by Gasteiger charge is -2.08. The van der Waals surface area contributed by atoms with Crippen LogP contribution in [0, 0.1) is 0 Å². The van der Waals surface area contributed by atoms with Crippen molar-refractivity contribution < 1.29 is 4.79 Å². The van der Waals surface area contributed by atoms with Gasteiger partial charge in [-0.25, -0.2) is 5.43 Å². The molecule has 0 saturated carbocycles. The molecule has 0 aromatic rings. The summed E-state index contributed by atoms with van der Waals surface area (Å²) in [4.78, 5) is 10.5. The van der Waals surface area contributed by atoms with Gasteiger partial charge in [-0.15, -0.1) is 0 Å². The number of nitrogens with zero attached hydrogens (tertiary/aromatic N) is 1. The Kier molecular flexibility index (Phi) is 2.22. The summed E-state index contributed by atoms with van der Waals surface area (Å²) in [5.74, 6) is 0.0136. The van der Waals surface area contributed by atoms with Gasteiger partial charge in [-0.1, -0.05) is 15.9 Å². The zero-order valence-electron chi connectivity index (χ0n) is 4.85. The second-order valence-corrected chi connectivity index (χ2v) is 2.41. The van der Waals surface area contributed by atoms with Crippen LogP contribution < -0.4 is 5.43 Å². The van der Waals surface area contributed by atoms with Crippen LogP contribution in [0.3, 0.4) is 0 Å². The molecule has 1 N–H and O–H groups in total. The lowest BCUT2D eigenvalue weighted by molar-refractivity contribution is -0.121. The third-order valence-electron chi connectivity index (χ3n) is 1.13. The van der Waals surface area contributed by atoms with Crippen molar-refractivity contribution in [2.24, 2.45) is 5.10 Å². The maximum Gasteiger partial charge on any atom is 0.240 e. The average molecular weight is 191 g/mol. The number of hydrogen-bond acceptors (Lipinski definition) is 2. The van der Waals surface area contributed by atoms with Crippen molar-refractivity contribution in [1.82, 2.24) is 5.43 Å². The Morgan fingerprint density at radius 1 is 1.67 bits per heavy atom. The molecule has 1 aliphatic heterocycles. The van der Waals surface area contributed by atoms with Gasteiger partial charge < -0.3 is 0 Å². The Balaban J connectivity index is 2.50. The Bertz CT molecular complexity index is 155. The maximum atomic E-state index is 10.5. The van der Waals surface area contributed by atoms with E-state index in [0.717, 1.165) is 17.5 Å². The lowest BCUT2D eigenvalue weighted by atomic mass is 10.2. The number of carbonyl (C=O) groups is 1. The molecule has 0 unspecified atom stereocenters. The summed E-state index contributed by atoms with van der Waals surface area (Å²) in [7, 11) is 0. The number of hydrogen-bond donors (Lipinski definition) is 1. The molecule has 0 aromatic heterocycles. The van der Waals surface area contributed by atoms with Gasteiger partial charge in [0, 0.05) is 17.5 Å². The van der Waals surface area contributed by atoms with E-state index in [4.69, 9.17) is 0 Å². The van der Waals surface area contributed by atoms with Crippen molar-refractivity contribution in [3.8, 4) is 0 Å². The molecule has 50 valence electrons. The SMILES string of the molecule is O=C1CCC(CBr)=NN1. The van der Waals surface area contributed by atoms with Gasteiger partial charge in [-0.05, 0) is 6.42 Å². The fourth-order valence-electron chi connectivity index (χ4n) is 0.608. The van der Waals surface area contributed by atoms with Gasteiger partial charge in [-0.3, -0.25) is 4.79 Å². The standard InChI is InChI=1S/C5H7BrN2O/c6-3-4-1-2-5(9)8-7-4/h1-3H2,(H,8,9). The van der Waals surface area contributed by atoms with Crippen molar-refractivity contribution in [3.63, 3.8) is 0 Å². The summed E-state index contributed by atoms with van der Waals surface area (Å²) < 4.78 is 0. The minimum Gasteiger partial charge on any atom is -0.273 e. The van der Waals surface area contributed by atoms with E-state index in [1.165, 1.54) is 0 Å². The second kappa shape index (κ2) is 2.96. The fraction of sp³-hybridized carbons (Fsp3) is 0.600. The molecule has 0 bridgehead atoms. The molecule has 1 heterocycles. The predicted octanol–water partition coefficient (Wildman–Crippen LogP) is 0.647. The van der Waals surface area contributed by atoms with E-state index < -0.39 is 0 Å². The summed E-state index contributed by atoms with van der Waals surface area (Å²) in [6.07, 6.45) is 1.36. The monoisotopic (exact) mass is 190 g/mol. The first kappa shape index (κ1) is 6.74. The smallest absolute Gasteiger partial charge is 0.240 e. The minimum absolute atomic E-state index is 0.0136. The zero-order valence-corrected chi connectivity index (χ0v) is 6.44. The summed E-state index contributed by atoms with van der Waals surface area (Å²) in [5, 5.41) is 4.56. The number of hydrazone groups is 1. The van der Waals surface area contributed by atoms with Crippen molar-refractivity contribution in [2.75, 3.05) is 5.33 Å². The molecule has 0 aliphatic carbocycles. The fourth-order valence-corrected chi connectivity index (χ4v) is 1.01. The Hall–Kier alpha value is -0.380. The average Bonchev–Trinajstić information content (AvgIpc) is 1.90. The molecule has 1 amide bonds. The number of amides is 1. The van der Waals surface area contributed by atoms with Crippen LogP contribution in [0.5, 0.6) is 0 Å². The van der Waals surface area contributed by atoms with Gasteiger partial charge in [0.25, 0.3) is 0 Å². The molecule has 3 nitrogen and oxygen atoms in total. The lowest BCUT2D eigenvalue weighted by Crippen LogP contribution is -2.25. The van der Waals surface area contributed by atoms with Gasteiger partial charge in [0.1, 0.15) is 0 Å². The number of nitrogens with one attached hydrogen (secondary N) is 1. The van der Waals surface area contributed by atoms with Crippen molar-refractivity contribution >= 4 is 27.5 Å². The first-order valence-corrected chi connectivity index (χ1v) is 3.85. The molecule has 0 atom stereocenters. The van der Waals surface area contributed by atoms with E-state index in [1.54, 1.807) is 0 Å². The van der Waals surface area contributed by atoms with Crippen LogP contribution in [-0.4, -0.2) is 16.9 Å². The molecule has 0 saturated heterocycles. The van der Waals surface area contributed by atoms with E-state index in [9.17, 15) is 4.79 Å². The summed E-state index contributed by atoms with van der Waals surface area (Å²) in [6.45, 7) is 0. The molecule has 1 aliphatic rings. The topological polar surface area (TPSA) is 41.5 Å². The molecule has 0 spiro atoms. The predicted molar refractivity (Wildman–Crippen MR) is 38.6 cm³/mol. The van der Waals surface area contributed by atoms with Crippen LogP contribution in [0.25, 0.3) is 0 Å². The number of halogens is 1. The molecule has 0 aromatic carbocycles. The van der Waals surface area contributed by atoms with Crippen LogP contribution in [0.15, 0.2) is 5.10 Å². The first-order valence-electron chi connectivity index (χ1n) is 2.73. The molecule has 9 heavy (non-hydrogen) atoms. The van der Waals surface area contributed by atoms with E-state index in [0.29, 0.717) is 6.42 Å². The van der Waals surface area contributed by atoms with Crippen LogP contribution in [0.2, 0.25) is 0 Å². The van der Waals surface area contributed by atoms with Crippen molar-refractivity contribution in [2.45, 2.75) is 12.8 Å². The van der Waals surface area contributed by atoms with Gasteiger partial charge in [0.05, 0.1) is 0 Å². The summed E-state index contributed by atoms with van der Waals surface area (Å²) in [5.41, 5.74) is 3.41. The maximum absolute atomic E-state index is 10.5. The van der Waals surface area contributed by atoms with Gasteiger partial charge in [0.2, 0.25) is 5.91 Å². The first-order chi connectivity index (χ1) is 4.33. The Morgan fingerprint density at radius 3 is 2.89 bits per heavy atom. The normalized spacial score (nSPS) is 18.8. The summed E-state index contributed by atoms with van der Waals surface area (Å²) >= 11 is 3.25. The zero-order chi connectivity index (χ0) is 6.69. The van der Waals surface area contributed by atoms with Crippen molar-refractivity contribution in [3.05, 3.63) is 0 Å². The third kappa shape index (κ3) is 1.78. The Morgan fingerprint density at radius 2 is 2.44 bits per heavy atom. The van der Waals surface area contributed by atoms with Crippen LogP contribution in [0.1, 0.15) is 12.8 Å². The molecule has 0 radical (unpaired) electrons. The van der Waals surface area contributed by atoms with Crippen LogP contribution in [0.4, 0.5) is 0 Å². The highest BCUT2D eigenvalue weighted by Crippen LogP contribution is 2.00. The second-order valence-electron chi connectivity index (χ2n) is 1.85. The third-order valence-corrected chi connectivity index (χ3v) is 1.78. The molecule has 0 fully saturated rings. The Labute approximate surface area is 61.6 Å². The van der Waals surface area contributed by atoms with E-state index >= 15 is 0 Å². The van der Waals surface area contributed by atoms with E-state index in [1.807, 2.05) is 0 Å². The van der Waals surface area contributed by atoms with Gasteiger partial charge in [-0.2, -0.15) is 5.10 Å². The quantitative estimate of drug-likeness (QED) is 0.607. The highest BCUT2D eigenvalue weighted by Gasteiger charge is 2.08. The largest absolute Gasteiger partial charge is 0.273 e. The van der Waals surface area contributed by atoms with E-state index in [-0.39, 0.29) is 5.91 Å². The molecule has 4 heteroatoms. The van der Waals surface area contributed by atoms with Crippen LogP contribution >= 0.6 is 15.9 Å². The molecular weight excluding hydrogens is 184 g/mol. The highest BCUT2D eigenvalue weighted by atomic mass is 79.9. The molecule has 1 rings (SSSR count). The number of rotatable bonds is 1. The summed E-state index contributed by atoms with van der Waals surface area (Å²) in [6, 6.07) is 0. The van der Waals surface area contributed by atoms with E-state index in [2.05, 4.69) is 26.5 Å². The van der Waals surface area contributed by atoms with Gasteiger partial charge >= 0.3 is 0 Å². The highest BCUT2D eigenvalue weighted by molar-refractivity contribution is 9.09. The number of alkyl halides is 1. The number of carbonyl (C=O) groups excluding carboxylic acids is 1.